The first-order chi connectivity index (χ1) is 7.18. The number of hydrogen-bond acceptors (Lipinski definition) is 2. The molecule has 0 unspecified atom stereocenters. The molecule has 5 heteroatoms. The van der Waals surface area contributed by atoms with Crippen LogP contribution in [0.5, 0.6) is 0 Å². The molecule has 0 aliphatic carbocycles. The standard InChI is InChI=1S/C10H16F2N2O/c11-9(12)7-2-1-3-14(6-7)10(15)8-4-13-5-8/h7-9,13H,1-6H2/t7-/m1/s1. The van der Waals surface area contributed by atoms with Gasteiger partial charge in [0.2, 0.25) is 12.3 Å². The Balaban J connectivity index is 1.88. The molecule has 0 radical (unpaired) electrons. The molecule has 1 N–H and O–H groups in total. The third-order valence-electron chi connectivity index (χ3n) is 3.26. The zero-order chi connectivity index (χ0) is 10.8. The summed E-state index contributed by atoms with van der Waals surface area (Å²) in [5.41, 5.74) is 0. The molecule has 2 aliphatic heterocycles. The normalized spacial score (nSPS) is 27.9. The highest BCUT2D eigenvalue weighted by molar-refractivity contribution is 5.80. The van der Waals surface area contributed by atoms with Crippen molar-refractivity contribution < 1.29 is 13.6 Å². The van der Waals surface area contributed by atoms with E-state index in [4.69, 9.17) is 0 Å². The van der Waals surface area contributed by atoms with Gasteiger partial charge in [-0.2, -0.15) is 0 Å². The van der Waals surface area contributed by atoms with Gasteiger partial charge < -0.3 is 10.2 Å². The van der Waals surface area contributed by atoms with Crippen LogP contribution in [0.4, 0.5) is 8.78 Å². The van der Waals surface area contributed by atoms with Crippen molar-refractivity contribution >= 4 is 5.91 Å². The number of nitrogens with zero attached hydrogens (tertiary/aromatic N) is 1. The van der Waals surface area contributed by atoms with Gasteiger partial charge in [-0.25, -0.2) is 8.78 Å². The predicted molar refractivity (Wildman–Crippen MR) is 51.7 cm³/mol. The fraction of sp³-hybridized carbons (Fsp3) is 0.900. The van der Waals surface area contributed by atoms with Gasteiger partial charge >= 0.3 is 0 Å². The van der Waals surface area contributed by atoms with Crippen LogP contribution in [0.3, 0.4) is 0 Å². The Labute approximate surface area is 87.8 Å². The summed E-state index contributed by atoms with van der Waals surface area (Å²) in [6, 6.07) is 0. The number of rotatable bonds is 2. The summed E-state index contributed by atoms with van der Waals surface area (Å²) in [5.74, 6) is -0.531. The van der Waals surface area contributed by atoms with Gasteiger partial charge in [0.15, 0.2) is 0 Å². The van der Waals surface area contributed by atoms with Crippen molar-refractivity contribution in [2.45, 2.75) is 19.3 Å². The minimum atomic E-state index is -2.29. The Morgan fingerprint density at radius 1 is 1.40 bits per heavy atom. The number of hydrogen-bond donors (Lipinski definition) is 1. The van der Waals surface area contributed by atoms with Crippen LogP contribution in [0, 0.1) is 11.8 Å². The molecule has 0 aromatic rings. The van der Waals surface area contributed by atoms with Crippen molar-refractivity contribution in [2.75, 3.05) is 26.2 Å². The number of likely N-dealkylation sites (tertiary alicyclic amines) is 1. The van der Waals surface area contributed by atoms with Gasteiger partial charge in [0.1, 0.15) is 0 Å². The first kappa shape index (κ1) is 10.8. The SMILES string of the molecule is O=C(C1CNC1)N1CCC[C@@H](C(F)F)C1. The highest BCUT2D eigenvalue weighted by atomic mass is 19.3. The second-order valence-corrected chi connectivity index (χ2v) is 4.38. The van der Waals surface area contributed by atoms with Crippen LogP contribution >= 0.6 is 0 Å². The summed E-state index contributed by atoms with van der Waals surface area (Å²) in [4.78, 5) is 13.4. The van der Waals surface area contributed by atoms with Crippen molar-refractivity contribution in [3.63, 3.8) is 0 Å². The highest BCUT2D eigenvalue weighted by Crippen LogP contribution is 2.24. The van der Waals surface area contributed by atoms with E-state index >= 15 is 0 Å². The molecule has 2 heterocycles. The maximum atomic E-state index is 12.5. The van der Waals surface area contributed by atoms with Crippen LogP contribution in [-0.2, 0) is 4.79 Å². The van der Waals surface area contributed by atoms with Crippen LogP contribution in [0.1, 0.15) is 12.8 Å². The maximum Gasteiger partial charge on any atom is 0.243 e. The molecule has 86 valence electrons. The van der Waals surface area contributed by atoms with Gasteiger partial charge in [-0.05, 0) is 12.8 Å². The van der Waals surface area contributed by atoms with Gasteiger partial charge in [0.25, 0.3) is 0 Å². The molecule has 0 aromatic carbocycles. The number of alkyl halides is 2. The third kappa shape index (κ3) is 2.27. The molecule has 2 saturated heterocycles. The zero-order valence-electron chi connectivity index (χ0n) is 8.59. The van der Waals surface area contributed by atoms with E-state index in [1.54, 1.807) is 4.90 Å². The summed E-state index contributed by atoms with van der Waals surface area (Å²) in [6.07, 6.45) is -1.04. The minimum absolute atomic E-state index is 0.0291. The molecule has 0 spiro atoms. The lowest BCUT2D eigenvalue weighted by Crippen LogP contribution is -2.54. The van der Waals surface area contributed by atoms with Gasteiger partial charge in [-0.1, -0.05) is 0 Å². The van der Waals surface area contributed by atoms with E-state index in [9.17, 15) is 13.6 Å². The van der Waals surface area contributed by atoms with E-state index in [1.165, 1.54) is 0 Å². The van der Waals surface area contributed by atoms with Gasteiger partial charge in [-0.15, -0.1) is 0 Å². The van der Waals surface area contributed by atoms with Crippen molar-refractivity contribution in [3.8, 4) is 0 Å². The minimum Gasteiger partial charge on any atom is -0.342 e. The quantitative estimate of drug-likeness (QED) is 0.740. The first-order valence-corrected chi connectivity index (χ1v) is 5.46. The second kappa shape index (κ2) is 4.43. The molecule has 1 atom stereocenters. The monoisotopic (exact) mass is 218 g/mol. The van der Waals surface area contributed by atoms with Crippen LogP contribution in [0.15, 0.2) is 0 Å². The fourth-order valence-electron chi connectivity index (χ4n) is 2.14. The van der Waals surface area contributed by atoms with Crippen molar-refractivity contribution in [1.82, 2.24) is 10.2 Å². The lowest BCUT2D eigenvalue weighted by molar-refractivity contribution is -0.140. The molecule has 3 nitrogen and oxygen atoms in total. The molecule has 1 amide bonds. The molecule has 0 bridgehead atoms. The topological polar surface area (TPSA) is 32.3 Å². The number of carbonyl (C=O) groups is 1. The Kier molecular flexibility index (Phi) is 3.19. The summed E-state index contributed by atoms with van der Waals surface area (Å²) in [7, 11) is 0. The van der Waals surface area contributed by atoms with E-state index < -0.39 is 12.3 Å². The van der Waals surface area contributed by atoms with Gasteiger partial charge in [-0.3, -0.25) is 4.79 Å². The van der Waals surface area contributed by atoms with Crippen LogP contribution in [-0.4, -0.2) is 43.4 Å². The Morgan fingerprint density at radius 2 is 2.13 bits per heavy atom. The van der Waals surface area contributed by atoms with Crippen molar-refractivity contribution in [3.05, 3.63) is 0 Å². The molecule has 2 fully saturated rings. The third-order valence-corrected chi connectivity index (χ3v) is 3.26. The molecule has 15 heavy (non-hydrogen) atoms. The zero-order valence-corrected chi connectivity index (χ0v) is 8.59. The van der Waals surface area contributed by atoms with Crippen LogP contribution < -0.4 is 5.32 Å². The largest absolute Gasteiger partial charge is 0.342 e. The predicted octanol–water partition coefficient (Wildman–Crippen LogP) is 0.710. The number of piperidine rings is 1. The second-order valence-electron chi connectivity index (χ2n) is 4.38. The van der Waals surface area contributed by atoms with E-state index in [0.717, 1.165) is 0 Å². The van der Waals surface area contributed by atoms with E-state index in [1.807, 2.05) is 0 Å². The summed E-state index contributed by atoms with van der Waals surface area (Å²) < 4.78 is 25.0. The van der Waals surface area contributed by atoms with Gasteiger partial charge in [0.05, 0.1) is 5.92 Å². The Bertz CT molecular complexity index is 244. The smallest absolute Gasteiger partial charge is 0.243 e. The molecule has 0 saturated carbocycles. The number of amides is 1. The summed E-state index contributed by atoms with van der Waals surface area (Å²) in [6.45, 7) is 2.30. The highest BCUT2D eigenvalue weighted by Gasteiger charge is 2.34. The van der Waals surface area contributed by atoms with Gasteiger partial charge in [0, 0.05) is 32.1 Å². The van der Waals surface area contributed by atoms with E-state index in [-0.39, 0.29) is 18.4 Å². The average Bonchev–Trinajstić information content (AvgIpc) is 2.15. The maximum absolute atomic E-state index is 12.5. The summed E-state index contributed by atoms with van der Waals surface area (Å²) in [5, 5.41) is 3.02. The lowest BCUT2D eigenvalue weighted by atomic mass is 9.95. The molecular weight excluding hydrogens is 202 g/mol. The van der Waals surface area contributed by atoms with E-state index in [2.05, 4.69) is 5.32 Å². The molecular formula is C10H16F2N2O. The molecule has 0 aromatic heterocycles. The molecule has 2 aliphatic rings. The van der Waals surface area contributed by atoms with E-state index in [0.29, 0.717) is 32.5 Å². The number of halogens is 2. The van der Waals surface area contributed by atoms with Crippen molar-refractivity contribution in [1.29, 1.82) is 0 Å². The van der Waals surface area contributed by atoms with Crippen LogP contribution in [0.2, 0.25) is 0 Å². The first-order valence-electron chi connectivity index (χ1n) is 5.46. The number of carbonyl (C=O) groups excluding carboxylic acids is 1. The summed E-state index contributed by atoms with van der Waals surface area (Å²) >= 11 is 0. The van der Waals surface area contributed by atoms with Crippen molar-refractivity contribution in [2.24, 2.45) is 11.8 Å². The number of nitrogens with one attached hydrogen (secondary N) is 1. The fourth-order valence-corrected chi connectivity index (χ4v) is 2.14. The Hall–Kier alpha value is -0.710. The average molecular weight is 218 g/mol. The Morgan fingerprint density at radius 3 is 2.67 bits per heavy atom. The lowest BCUT2D eigenvalue weighted by Gasteiger charge is -2.37. The van der Waals surface area contributed by atoms with Crippen LogP contribution in [0.25, 0.3) is 0 Å². The molecule has 2 rings (SSSR count).